The molecule has 4 rings (SSSR count). The number of methoxy groups -OCH3 is 1. The van der Waals surface area contributed by atoms with Gasteiger partial charge in [0.1, 0.15) is 23.6 Å². The molecule has 0 saturated carbocycles. The molecule has 7 nitrogen and oxygen atoms in total. The fraction of sp³-hybridized carbons (Fsp3) is 0.500. The molecule has 29 heavy (non-hydrogen) atoms. The molecule has 154 valence electrons. The van der Waals surface area contributed by atoms with E-state index in [1.807, 2.05) is 23.1 Å². The van der Waals surface area contributed by atoms with E-state index in [-0.39, 0.29) is 5.91 Å². The highest BCUT2D eigenvalue weighted by molar-refractivity contribution is 5.93. The Morgan fingerprint density at radius 2 is 1.79 bits per heavy atom. The van der Waals surface area contributed by atoms with E-state index in [4.69, 9.17) is 4.74 Å². The first kappa shape index (κ1) is 19.5. The Bertz CT molecular complexity index is 833. The standard InChI is InChI=1S/C22H29N5O2/c1-17-4-3-9-27(15-17)21-14-20(23-16-24-21)22(28)26-12-10-25(11-13-26)18-5-7-19(29-2)8-6-18/h5-8,14,16-17H,3-4,9-13,15H2,1-2H3. The Morgan fingerprint density at radius 1 is 1.03 bits per heavy atom. The number of hydrogen-bond acceptors (Lipinski definition) is 6. The third-order valence-electron chi connectivity index (χ3n) is 5.86. The molecule has 1 aromatic heterocycles. The molecule has 0 bridgehead atoms. The molecular formula is C22H29N5O2. The van der Waals surface area contributed by atoms with Gasteiger partial charge in [-0.25, -0.2) is 9.97 Å². The number of piperidine rings is 1. The van der Waals surface area contributed by atoms with E-state index in [0.29, 0.717) is 24.7 Å². The summed E-state index contributed by atoms with van der Waals surface area (Å²) >= 11 is 0. The molecule has 0 N–H and O–H groups in total. The van der Waals surface area contributed by atoms with Gasteiger partial charge in [-0.2, -0.15) is 0 Å². The summed E-state index contributed by atoms with van der Waals surface area (Å²) in [6, 6.07) is 9.92. The molecular weight excluding hydrogens is 366 g/mol. The predicted octanol–water partition coefficient (Wildman–Crippen LogP) is 2.68. The van der Waals surface area contributed by atoms with Crippen LogP contribution in [0.5, 0.6) is 5.75 Å². The minimum Gasteiger partial charge on any atom is -0.497 e. The first-order valence-electron chi connectivity index (χ1n) is 10.4. The fourth-order valence-corrected chi connectivity index (χ4v) is 4.16. The van der Waals surface area contributed by atoms with Gasteiger partial charge in [-0.05, 0) is 43.0 Å². The van der Waals surface area contributed by atoms with Crippen LogP contribution in [0.2, 0.25) is 0 Å². The van der Waals surface area contributed by atoms with Crippen LogP contribution < -0.4 is 14.5 Å². The van der Waals surface area contributed by atoms with Crippen LogP contribution in [0.3, 0.4) is 0 Å². The van der Waals surface area contributed by atoms with E-state index < -0.39 is 0 Å². The lowest BCUT2D eigenvalue weighted by molar-refractivity contribution is 0.0740. The van der Waals surface area contributed by atoms with Crippen molar-refractivity contribution >= 4 is 17.4 Å². The van der Waals surface area contributed by atoms with Gasteiger partial charge in [0.15, 0.2) is 0 Å². The van der Waals surface area contributed by atoms with Crippen LogP contribution in [-0.4, -0.2) is 67.2 Å². The lowest BCUT2D eigenvalue weighted by Gasteiger charge is -2.36. The van der Waals surface area contributed by atoms with Crippen LogP contribution in [0, 0.1) is 5.92 Å². The number of ether oxygens (including phenoxy) is 1. The summed E-state index contributed by atoms with van der Waals surface area (Å²) in [7, 11) is 1.67. The van der Waals surface area contributed by atoms with Crippen molar-refractivity contribution in [2.75, 3.05) is 56.2 Å². The minimum atomic E-state index is -0.00640. The zero-order chi connectivity index (χ0) is 20.2. The lowest BCUT2D eigenvalue weighted by Crippen LogP contribution is -2.49. The maximum atomic E-state index is 13.0. The highest BCUT2D eigenvalue weighted by Gasteiger charge is 2.25. The van der Waals surface area contributed by atoms with Gasteiger partial charge in [-0.3, -0.25) is 4.79 Å². The van der Waals surface area contributed by atoms with Gasteiger partial charge in [0, 0.05) is 51.0 Å². The highest BCUT2D eigenvalue weighted by atomic mass is 16.5. The third kappa shape index (κ3) is 4.44. The topological polar surface area (TPSA) is 61.8 Å². The zero-order valence-corrected chi connectivity index (χ0v) is 17.3. The number of benzene rings is 1. The number of nitrogens with zero attached hydrogens (tertiary/aromatic N) is 5. The number of amides is 1. The molecule has 0 spiro atoms. The quantitative estimate of drug-likeness (QED) is 0.793. The van der Waals surface area contributed by atoms with Crippen molar-refractivity contribution in [2.45, 2.75) is 19.8 Å². The summed E-state index contributed by atoms with van der Waals surface area (Å²) in [5.41, 5.74) is 1.65. The summed E-state index contributed by atoms with van der Waals surface area (Å²) in [5, 5.41) is 0. The lowest BCUT2D eigenvalue weighted by atomic mass is 10.0. The van der Waals surface area contributed by atoms with Crippen LogP contribution in [-0.2, 0) is 0 Å². The summed E-state index contributed by atoms with van der Waals surface area (Å²) in [4.78, 5) is 28.2. The predicted molar refractivity (Wildman–Crippen MR) is 114 cm³/mol. The Kier molecular flexibility index (Phi) is 5.83. The molecule has 2 aromatic rings. The van der Waals surface area contributed by atoms with Crippen molar-refractivity contribution < 1.29 is 9.53 Å². The second-order valence-electron chi connectivity index (χ2n) is 7.93. The van der Waals surface area contributed by atoms with E-state index in [9.17, 15) is 4.79 Å². The van der Waals surface area contributed by atoms with Gasteiger partial charge in [-0.15, -0.1) is 0 Å². The molecule has 7 heteroatoms. The number of rotatable bonds is 4. The van der Waals surface area contributed by atoms with Crippen LogP contribution in [0.25, 0.3) is 0 Å². The van der Waals surface area contributed by atoms with Gasteiger partial charge < -0.3 is 19.4 Å². The van der Waals surface area contributed by atoms with Crippen LogP contribution in [0.1, 0.15) is 30.3 Å². The number of aromatic nitrogens is 2. The molecule has 1 amide bonds. The number of piperazine rings is 1. The Balaban J connectivity index is 1.38. The third-order valence-corrected chi connectivity index (χ3v) is 5.86. The number of carbonyl (C=O) groups excluding carboxylic acids is 1. The zero-order valence-electron chi connectivity index (χ0n) is 17.3. The van der Waals surface area contributed by atoms with E-state index in [2.05, 4.69) is 38.8 Å². The average molecular weight is 396 g/mol. The molecule has 2 aliphatic rings. The van der Waals surface area contributed by atoms with Crippen molar-refractivity contribution in [3.8, 4) is 5.75 Å². The Morgan fingerprint density at radius 3 is 2.48 bits per heavy atom. The second-order valence-corrected chi connectivity index (χ2v) is 7.93. The van der Waals surface area contributed by atoms with E-state index in [1.54, 1.807) is 7.11 Å². The largest absolute Gasteiger partial charge is 0.497 e. The smallest absolute Gasteiger partial charge is 0.272 e. The Hall–Kier alpha value is -2.83. The molecule has 1 unspecified atom stereocenters. The fourth-order valence-electron chi connectivity index (χ4n) is 4.16. The monoisotopic (exact) mass is 395 g/mol. The maximum absolute atomic E-state index is 13.0. The van der Waals surface area contributed by atoms with Crippen molar-refractivity contribution in [3.63, 3.8) is 0 Å². The molecule has 2 saturated heterocycles. The maximum Gasteiger partial charge on any atom is 0.272 e. The number of hydrogen-bond donors (Lipinski definition) is 0. The highest BCUT2D eigenvalue weighted by Crippen LogP contribution is 2.23. The summed E-state index contributed by atoms with van der Waals surface area (Å²) in [5.74, 6) is 2.37. The number of carbonyl (C=O) groups is 1. The average Bonchev–Trinajstić information content (AvgIpc) is 2.79. The van der Waals surface area contributed by atoms with Gasteiger partial charge in [0.2, 0.25) is 0 Å². The van der Waals surface area contributed by atoms with E-state index in [0.717, 1.165) is 43.4 Å². The van der Waals surface area contributed by atoms with Gasteiger partial charge in [0.25, 0.3) is 5.91 Å². The molecule has 0 radical (unpaired) electrons. The van der Waals surface area contributed by atoms with Crippen molar-refractivity contribution in [2.24, 2.45) is 5.92 Å². The van der Waals surface area contributed by atoms with E-state index in [1.165, 1.54) is 19.2 Å². The Labute approximate surface area is 172 Å². The first-order chi connectivity index (χ1) is 14.1. The van der Waals surface area contributed by atoms with Crippen molar-refractivity contribution in [3.05, 3.63) is 42.4 Å². The number of anilines is 2. The van der Waals surface area contributed by atoms with Gasteiger partial charge in [-0.1, -0.05) is 6.92 Å². The normalized spacial score (nSPS) is 19.9. The summed E-state index contributed by atoms with van der Waals surface area (Å²) < 4.78 is 5.23. The van der Waals surface area contributed by atoms with Crippen LogP contribution in [0.15, 0.2) is 36.7 Å². The summed E-state index contributed by atoms with van der Waals surface area (Å²) in [6.07, 6.45) is 3.95. The van der Waals surface area contributed by atoms with Crippen LogP contribution in [0.4, 0.5) is 11.5 Å². The second kappa shape index (κ2) is 8.68. The molecule has 2 aliphatic heterocycles. The van der Waals surface area contributed by atoms with Crippen LogP contribution >= 0.6 is 0 Å². The van der Waals surface area contributed by atoms with Gasteiger partial charge >= 0.3 is 0 Å². The van der Waals surface area contributed by atoms with E-state index >= 15 is 0 Å². The molecule has 3 heterocycles. The van der Waals surface area contributed by atoms with Crippen molar-refractivity contribution in [1.82, 2.24) is 14.9 Å². The molecule has 0 aliphatic carbocycles. The SMILES string of the molecule is COc1ccc(N2CCN(C(=O)c3cc(N4CCCC(C)C4)ncn3)CC2)cc1. The molecule has 2 fully saturated rings. The minimum absolute atomic E-state index is 0.00640. The van der Waals surface area contributed by atoms with Crippen molar-refractivity contribution in [1.29, 1.82) is 0 Å². The summed E-state index contributed by atoms with van der Waals surface area (Å²) in [6.45, 7) is 7.23. The molecule has 1 aromatic carbocycles. The molecule has 1 atom stereocenters. The first-order valence-corrected chi connectivity index (χ1v) is 10.4. The van der Waals surface area contributed by atoms with Gasteiger partial charge in [0.05, 0.1) is 7.11 Å².